The first-order valence-corrected chi connectivity index (χ1v) is 12.0. The average molecular weight is 464 g/mol. The summed E-state index contributed by atoms with van der Waals surface area (Å²) in [6, 6.07) is 12.5. The van der Waals surface area contributed by atoms with Crippen molar-refractivity contribution in [2.45, 2.75) is 49.5 Å². The summed E-state index contributed by atoms with van der Waals surface area (Å²) in [6.45, 7) is 0. The van der Waals surface area contributed by atoms with Crippen LogP contribution in [0.1, 0.15) is 48.0 Å². The third-order valence-corrected chi connectivity index (χ3v) is 7.65. The van der Waals surface area contributed by atoms with Gasteiger partial charge in [-0.05, 0) is 54.8 Å². The third-order valence-electron chi connectivity index (χ3n) is 5.48. The maximum absolute atomic E-state index is 12.9. The maximum atomic E-state index is 12.9. The van der Waals surface area contributed by atoms with Gasteiger partial charge in [-0.1, -0.05) is 43.0 Å². The van der Waals surface area contributed by atoms with Crippen LogP contribution in [-0.2, 0) is 21.2 Å². The molecule has 9 heteroatoms. The molecule has 1 fully saturated rings. The molecule has 0 heterocycles. The molecule has 1 aliphatic rings. The van der Waals surface area contributed by atoms with Crippen molar-refractivity contribution in [3.63, 3.8) is 0 Å². The van der Waals surface area contributed by atoms with Crippen LogP contribution in [0.25, 0.3) is 0 Å². The number of benzene rings is 2. The Balaban J connectivity index is 1.56. The van der Waals surface area contributed by atoms with E-state index in [1.165, 1.54) is 28.6 Å². The van der Waals surface area contributed by atoms with Gasteiger partial charge in [-0.25, -0.2) is 8.42 Å². The van der Waals surface area contributed by atoms with Gasteiger partial charge in [0, 0.05) is 23.7 Å². The van der Waals surface area contributed by atoms with E-state index in [0.29, 0.717) is 5.02 Å². The van der Waals surface area contributed by atoms with Crippen LogP contribution >= 0.6 is 11.6 Å². The second kappa shape index (κ2) is 10.3. The molecule has 0 radical (unpaired) electrons. The van der Waals surface area contributed by atoms with Gasteiger partial charge in [0.1, 0.15) is 0 Å². The van der Waals surface area contributed by atoms with Crippen molar-refractivity contribution in [2.24, 2.45) is 0 Å². The van der Waals surface area contributed by atoms with E-state index in [4.69, 9.17) is 11.6 Å². The van der Waals surface area contributed by atoms with Crippen LogP contribution in [-0.4, -0.2) is 37.6 Å². The van der Waals surface area contributed by atoms with Crippen molar-refractivity contribution in [1.29, 1.82) is 0 Å². The zero-order valence-corrected chi connectivity index (χ0v) is 18.9. The zero-order chi connectivity index (χ0) is 22.4. The van der Waals surface area contributed by atoms with E-state index in [1.54, 1.807) is 31.3 Å². The monoisotopic (exact) mass is 463 g/mol. The minimum atomic E-state index is -3.62. The van der Waals surface area contributed by atoms with E-state index in [9.17, 15) is 18.0 Å². The minimum absolute atomic E-state index is 0.0116. The molecule has 0 aliphatic heterocycles. The SMILES string of the molecule is CN(C1CCCCC1)S(=O)(=O)c1ccc(C(=O)NNC(=O)Cc2ccc(Cl)cc2)cc1. The Hall–Kier alpha value is -2.42. The molecule has 1 saturated carbocycles. The molecule has 2 amide bonds. The summed E-state index contributed by atoms with van der Waals surface area (Å²) >= 11 is 5.82. The predicted molar refractivity (Wildman–Crippen MR) is 119 cm³/mol. The van der Waals surface area contributed by atoms with Crippen molar-refractivity contribution in [3.8, 4) is 0 Å². The number of sulfonamides is 1. The molecule has 1 aliphatic carbocycles. The molecule has 0 unspecified atom stereocenters. The molecule has 0 atom stereocenters. The normalized spacial score (nSPS) is 14.9. The van der Waals surface area contributed by atoms with Gasteiger partial charge in [-0.15, -0.1) is 0 Å². The molecular formula is C22H26ClN3O4S. The highest BCUT2D eigenvalue weighted by atomic mass is 35.5. The van der Waals surface area contributed by atoms with Crippen LogP contribution in [0.3, 0.4) is 0 Å². The lowest BCUT2D eigenvalue weighted by Crippen LogP contribution is -2.42. The van der Waals surface area contributed by atoms with Crippen LogP contribution in [0.4, 0.5) is 0 Å². The van der Waals surface area contributed by atoms with Crippen molar-refractivity contribution in [2.75, 3.05) is 7.05 Å². The fraction of sp³-hybridized carbons (Fsp3) is 0.364. The molecule has 2 aromatic rings. The zero-order valence-electron chi connectivity index (χ0n) is 17.3. The third kappa shape index (κ3) is 6.06. The Morgan fingerprint density at radius 1 is 0.968 bits per heavy atom. The molecule has 0 aromatic heterocycles. The van der Waals surface area contributed by atoms with Crippen molar-refractivity contribution >= 4 is 33.4 Å². The number of amides is 2. The van der Waals surface area contributed by atoms with Crippen LogP contribution in [0, 0.1) is 0 Å². The Kier molecular flexibility index (Phi) is 7.69. The molecule has 3 rings (SSSR count). The second-order valence-corrected chi connectivity index (χ2v) is 10.1. The quantitative estimate of drug-likeness (QED) is 0.642. The number of nitrogens with one attached hydrogen (secondary N) is 2. The number of hydrogen-bond acceptors (Lipinski definition) is 4. The van der Waals surface area contributed by atoms with Crippen molar-refractivity contribution < 1.29 is 18.0 Å². The highest BCUT2D eigenvalue weighted by Gasteiger charge is 2.29. The summed E-state index contributed by atoms with van der Waals surface area (Å²) in [4.78, 5) is 24.4. The average Bonchev–Trinajstić information content (AvgIpc) is 2.79. The van der Waals surface area contributed by atoms with Gasteiger partial charge in [0.15, 0.2) is 0 Å². The molecule has 0 bridgehead atoms. The summed E-state index contributed by atoms with van der Waals surface area (Å²) in [5, 5.41) is 0.577. The fourth-order valence-corrected chi connectivity index (χ4v) is 5.16. The first-order chi connectivity index (χ1) is 14.8. The first kappa shape index (κ1) is 23.2. The Bertz CT molecular complexity index is 1020. The summed E-state index contributed by atoms with van der Waals surface area (Å²) in [5.74, 6) is -0.919. The van der Waals surface area contributed by atoms with Gasteiger partial charge in [-0.2, -0.15) is 4.31 Å². The smallest absolute Gasteiger partial charge is 0.269 e. The Morgan fingerprint density at radius 3 is 2.19 bits per heavy atom. The van der Waals surface area contributed by atoms with E-state index in [0.717, 1.165) is 37.7 Å². The first-order valence-electron chi connectivity index (χ1n) is 10.2. The number of nitrogens with zero attached hydrogens (tertiary/aromatic N) is 1. The summed E-state index contributed by atoms with van der Waals surface area (Å²) in [5.41, 5.74) is 5.69. The van der Waals surface area contributed by atoms with Crippen LogP contribution in [0.2, 0.25) is 5.02 Å². The highest BCUT2D eigenvalue weighted by molar-refractivity contribution is 7.89. The molecule has 2 aromatic carbocycles. The van der Waals surface area contributed by atoms with Crippen LogP contribution in [0.15, 0.2) is 53.4 Å². The Labute approximate surface area is 187 Å². The van der Waals surface area contributed by atoms with E-state index in [-0.39, 0.29) is 28.8 Å². The van der Waals surface area contributed by atoms with Crippen LogP contribution in [0.5, 0.6) is 0 Å². The molecular weight excluding hydrogens is 438 g/mol. The number of carbonyl (C=O) groups is 2. The number of hydrazine groups is 1. The van der Waals surface area contributed by atoms with Gasteiger partial charge >= 0.3 is 0 Å². The number of rotatable bonds is 6. The van der Waals surface area contributed by atoms with Gasteiger partial charge < -0.3 is 0 Å². The van der Waals surface area contributed by atoms with Gasteiger partial charge in [0.25, 0.3) is 5.91 Å². The van der Waals surface area contributed by atoms with E-state index >= 15 is 0 Å². The molecule has 0 saturated heterocycles. The molecule has 0 spiro atoms. The highest BCUT2D eigenvalue weighted by Crippen LogP contribution is 2.26. The minimum Gasteiger partial charge on any atom is -0.273 e. The maximum Gasteiger partial charge on any atom is 0.269 e. The lowest BCUT2D eigenvalue weighted by atomic mass is 9.96. The fourth-order valence-electron chi connectivity index (χ4n) is 3.62. The van der Waals surface area contributed by atoms with Gasteiger partial charge in [-0.3, -0.25) is 20.4 Å². The predicted octanol–water partition coefficient (Wildman–Crippen LogP) is 3.30. The summed E-state index contributed by atoms with van der Waals surface area (Å²) in [6.07, 6.45) is 5.03. The summed E-state index contributed by atoms with van der Waals surface area (Å²) < 4.78 is 27.2. The molecule has 7 nitrogen and oxygen atoms in total. The largest absolute Gasteiger partial charge is 0.273 e. The van der Waals surface area contributed by atoms with E-state index in [1.807, 2.05) is 0 Å². The molecule has 2 N–H and O–H groups in total. The van der Waals surface area contributed by atoms with Crippen LogP contribution < -0.4 is 10.9 Å². The van der Waals surface area contributed by atoms with E-state index in [2.05, 4.69) is 10.9 Å². The molecule has 166 valence electrons. The second-order valence-electron chi connectivity index (χ2n) is 7.64. The number of hydrogen-bond donors (Lipinski definition) is 2. The van der Waals surface area contributed by atoms with Crippen molar-refractivity contribution in [3.05, 3.63) is 64.7 Å². The lowest BCUT2D eigenvalue weighted by molar-refractivity contribution is -0.121. The topological polar surface area (TPSA) is 95.6 Å². The standard InChI is InChI=1S/C22H26ClN3O4S/c1-26(19-5-3-2-4-6-19)31(29,30)20-13-9-17(10-14-20)22(28)25-24-21(27)15-16-7-11-18(23)12-8-16/h7-14,19H,2-6,15H2,1H3,(H,24,27)(H,25,28). The Morgan fingerprint density at radius 2 is 1.58 bits per heavy atom. The van der Waals surface area contributed by atoms with Crippen molar-refractivity contribution in [1.82, 2.24) is 15.2 Å². The van der Waals surface area contributed by atoms with E-state index < -0.39 is 15.9 Å². The van der Waals surface area contributed by atoms with Gasteiger partial charge in [0.05, 0.1) is 11.3 Å². The lowest BCUT2D eigenvalue weighted by Gasteiger charge is -2.30. The number of halogens is 1. The number of carbonyl (C=O) groups excluding carboxylic acids is 2. The van der Waals surface area contributed by atoms with Gasteiger partial charge in [0.2, 0.25) is 15.9 Å². The summed E-state index contributed by atoms with van der Waals surface area (Å²) in [7, 11) is -2.01. The molecule has 31 heavy (non-hydrogen) atoms.